The van der Waals surface area contributed by atoms with Gasteiger partial charge in [-0.2, -0.15) is 0 Å². The number of nitrogens with zero attached hydrogens (tertiary/aromatic N) is 1. The molecule has 0 fully saturated rings. The molecule has 2 aromatic carbocycles. The fraction of sp³-hybridized carbons (Fsp3) is 0.391. The van der Waals surface area contributed by atoms with Gasteiger partial charge in [-0.3, -0.25) is 9.59 Å². The van der Waals surface area contributed by atoms with E-state index in [0.717, 1.165) is 11.1 Å². The highest BCUT2D eigenvalue weighted by molar-refractivity contribution is 6.42. The number of amides is 2. The first-order valence-electron chi connectivity index (χ1n) is 9.82. The van der Waals surface area contributed by atoms with Gasteiger partial charge in [-0.1, -0.05) is 40.9 Å². The molecule has 8 heteroatoms. The molecular weight excluding hydrogens is 459 g/mol. The van der Waals surface area contributed by atoms with E-state index in [4.69, 9.17) is 39.5 Å². The van der Waals surface area contributed by atoms with Crippen molar-refractivity contribution in [2.45, 2.75) is 52.7 Å². The third kappa shape index (κ3) is 7.60. The summed E-state index contributed by atoms with van der Waals surface area (Å²) in [5.74, 6) is -0.0741. The molecule has 0 aromatic heterocycles. The molecule has 1 N–H and O–H groups in total. The number of carbonyl (C=O) groups excluding carboxylic acids is 2. The first-order chi connectivity index (χ1) is 14.4. The highest BCUT2D eigenvalue weighted by Crippen LogP contribution is 2.24. The second-order valence-corrected chi connectivity index (χ2v) is 9.61. The van der Waals surface area contributed by atoms with Crippen LogP contribution >= 0.6 is 34.8 Å². The number of benzene rings is 2. The molecular formula is C23H27Cl3N2O3. The van der Waals surface area contributed by atoms with Gasteiger partial charge in [0.15, 0.2) is 6.61 Å². The first-order valence-corrected chi connectivity index (χ1v) is 10.9. The predicted octanol–water partition coefficient (Wildman–Crippen LogP) is 5.67. The zero-order valence-electron chi connectivity index (χ0n) is 18.3. The van der Waals surface area contributed by atoms with Crippen molar-refractivity contribution in [2.24, 2.45) is 0 Å². The molecule has 1 unspecified atom stereocenters. The van der Waals surface area contributed by atoms with E-state index < -0.39 is 11.6 Å². The summed E-state index contributed by atoms with van der Waals surface area (Å²) in [6.45, 7) is 9.14. The Bertz CT molecular complexity index is 958. The normalized spacial score (nSPS) is 12.3. The van der Waals surface area contributed by atoms with Crippen molar-refractivity contribution < 1.29 is 14.3 Å². The largest absolute Gasteiger partial charge is 0.484 e. The number of ether oxygens (including phenoxy) is 1. The second-order valence-electron chi connectivity index (χ2n) is 8.38. The van der Waals surface area contributed by atoms with Gasteiger partial charge < -0.3 is 15.0 Å². The molecule has 31 heavy (non-hydrogen) atoms. The quantitative estimate of drug-likeness (QED) is 0.550. The van der Waals surface area contributed by atoms with Gasteiger partial charge >= 0.3 is 0 Å². The smallest absolute Gasteiger partial charge is 0.261 e. The van der Waals surface area contributed by atoms with Crippen LogP contribution in [0.2, 0.25) is 15.1 Å². The fourth-order valence-electron chi connectivity index (χ4n) is 2.83. The Morgan fingerprint density at radius 3 is 2.26 bits per heavy atom. The molecule has 0 aliphatic rings. The number of aryl methyl sites for hydroxylation is 1. The summed E-state index contributed by atoms with van der Waals surface area (Å²) in [6, 6.07) is 9.56. The molecule has 0 saturated heterocycles. The number of hydrogen-bond acceptors (Lipinski definition) is 3. The van der Waals surface area contributed by atoms with Gasteiger partial charge in [-0.25, -0.2) is 0 Å². The van der Waals surface area contributed by atoms with Crippen molar-refractivity contribution in [2.75, 3.05) is 6.61 Å². The highest BCUT2D eigenvalue weighted by Gasteiger charge is 2.28. The lowest BCUT2D eigenvalue weighted by Gasteiger charge is -2.31. The highest BCUT2D eigenvalue weighted by atomic mass is 35.5. The van der Waals surface area contributed by atoms with Crippen LogP contribution in [0.15, 0.2) is 36.4 Å². The molecule has 2 amide bonds. The number of carbonyl (C=O) groups is 2. The van der Waals surface area contributed by atoms with Gasteiger partial charge in [0.1, 0.15) is 11.8 Å². The van der Waals surface area contributed by atoms with E-state index in [1.807, 2.05) is 27.7 Å². The van der Waals surface area contributed by atoms with Crippen LogP contribution in [-0.2, 0) is 16.1 Å². The van der Waals surface area contributed by atoms with Crippen LogP contribution < -0.4 is 10.1 Å². The molecule has 0 bridgehead atoms. The molecule has 0 aliphatic heterocycles. The Morgan fingerprint density at radius 2 is 1.68 bits per heavy atom. The standard InChI is InChI=1S/C23H27Cl3N2O3/c1-14-10-17(7-9-18(14)24)31-13-21(29)28(15(2)22(30)27-23(3,4)5)12-16-6-8-19(25)20(26)11-16/h6-11,15H,12-13H2,1-5H3,(H,27,30). The summed E-state index contributed by atoms with van der Waals surface area (Å²) in [6.07, 6.45) is 0. The average Bonchev–Trinajstić information content (AvgIpc) is 2.67. The van der Waals surface area contributed by atoms with E-state index in [-0.39, 0.29) is 25.0 Å². The monoisotopic (exact) mass is 484 g/mol. The Morgan fingerprint density at radius 1 is 1.03 bits per heavy atom. The van der Waals surface area contributed by atoms with Crippen molar-refractivity contribution in [1.29, 1.82) is 0 Å². The lowest BCUT2D eigenvalue weighted by Crippen LogP contribution is -2.53. The Labute approximate surface area is 198 Å². The van der Waals surface area contributed by atoms with Crippen LogP contribution in [0.1, 0.15) is 38.8 Å². The maximum atomic E-state index is 13.1. The summed E-state index contributed by atoms with van der Waals surface area (Å²) in [5, 5.41) is 4.33. The van der Waals surface area contributed by atoms with Crippen LogP contribution in [-0.4, -0.2) is 34.9 Å². The van der Waals surface area contributed by atoms with Crippen LogP contribution in [0.25, 0.3) is 0 Å². The van der Waals surface area contributed by atoms with Gasteiger partial charge in [-0.05, 0) is 76.1 Å². The summed E-state index contributed by atoms with van der Waals surface area (Å²) in [4.78, 5) is 27.3. The van der Waals surface area contributed by atoms with E-state index in [1.54, 1.807) is 43.3 Å². The van der Waals surface area contributed by atoms with Gasteiger partial charge in [0.25, 0.3) is 5.91 Å². The SMILES string of the molecule is Cc1cc(OCC(=O)N(Cc2ccc(Cl)c(Cl)c2)C(C)C(=O)NC(C)(C)C)ccc1Cl. The maximum Gasteiger partial charge on any atom is 0.261 e. The zero-order chi connectivity index (χ0) is 23.3. The van der Waals surface area contributed by atoms with E-state index in [0.29, 0.717) is 20.8 Å². The Kier molecular flexibility index (Phi) is 8.64. The molecule has 0 radical (unpaired) electrons. The molecule has 1 atom stereocenters. The first kappa shape index (κ1) is 25.3. The zero-order valence-corrected chi connectivity index (χ0v) is 20.5. The molecule has 0 aliphatic carbocycles. The lowest BCUT2D eigenvalue weighted by molar-refractivity contribution is -0.142. The minimum Gasteiger partial charge on any atom is -0.484 e. The van der Waals surface area contributed by atoms with Crippen LogP contribution in [0.3, 0.4) is 0 Å². The van der Waals surface area contributed by atoms with E-state index >= 15 is 0 Å². The van der Waals surface area contributed by atoms with Crippen LogP contribution in [0, 0.1) is 6.92 Å². The van der Waals surface area contributed by atoms with Crippen molar-refractivity contribution >= 4 is 46.6 Å². The Balaban J connectivity index is 2.21. The molecule has 2 aromatic rings. The third-order valence-electron chi connectivity index (χ3n) is 4.49. The topological polar surface area (TPSA) is 58.6 Å². The number of nitrogens with one attached hydrogen (secondary N) is 1. The predicted molar refractivity (Wildman–Crippen MR) is 126 cm³/mol. The number of halogens is 3. The fourth-order valence-corrected chi connectivity index (χ4v) is 3.26. The minimum absolute atomic E-state index is 0.178. The molecule has 168 valence electrons. The van der Waals surface area contributed by atoms with Crippen molar-refractivity contribution in [3.63, 3.8) is 0 Å². The van der Waals surface area contributed by atoms with Gasteiger partial charge in [0.2, 0.25) is 5.91 Å². The number of rotatable bonds is 7. The van der Waals surface area contributed by atoms with Gasteiger partial charge in [0.05, 0.1) is 10.0 Å². The van der Waals surface area contributed by atoms with Crippen LogP contribution in [0.4, 0.5) is 0 Å². The van der Waals surface area contributed by atoms with E-state index in [2.05, 4.69) is 5.32 Å². The van der Waals surface area contributed by atoms with Crippen molar-refractivity contribution in [3.8, 4) is 5.75 Å². The molecule has 0 saturated carbocycles. The lowest BCUT2D eigenvalue weighted by atomic mass is 10.1. The minimum atomic E-state index is -0.725. The maximum absolute atomic E-state index is 13.1. The van der Waals surface area contributed by atoms with Crippen LogP contribution in [0.5, 0.6) is 5.75 Å². The molecule has 0 heterocycles. The molecule has 2 rings (SSSR count). The average molecular weight is 486 g/mol. The second kappa shape index (κ2) is 10.6. The summed E-state index contributed by atoms with van der Waals surface area (Å²) in [5.41, 5.74) is 1.17. The number of hydrogen-bond donors (Lipinski definition) is 1. The summed E-state index contributed by atoms with van der Waals surface area (Å²) >= 11 is 18.2. The van der Waals surface area contributed by atoms with Crippen molar-refractivity contribution in [3.05, 3.63) is 62.6 Å². The summed E-state index contributed by atoms with van der Waals surface area (Å²) in [7, 11) is 0. The van der Waals surface area contributed by atoms with Gasteiger partial charge in [-0.15, -0.1) is 0 Å². The van der Waals surface area contributed by atoms with E-state index in [1.165, 1.54) is 4.90 Å². The summed E-state index contributed by atoms with van der Waals surface area (Å²) < 4.78 is 5.67. The third-order valence-corrected chi connectivity index (χ3v) is 5.66. The Hall–Kier alpha value is -1.95. The molecule has 5 nitrogen and oxygen atoms in total. The van der Waals surface area contributed by atoms with E-state index in [9.17, 15) is 9.59 Å². The van der Waals surface area contributed by atoms with Crippen molar-refractivity contribution in [1.82, 2.24) is 10.2 Å². The van der Waals surface area contributed by atoms with Gasteiger partial charge in [0, 0.05) is 17.1 Å². The molecule has 0 spiro atoms.